The summed E-state index contributed by atoms with van der Waals surface area (Å²) in [4.78, 5) is 16.9. The van der Waals surface area contributed by atoms with Crippen molar-refractivity contribution in [2.45, 2.75) is 39.2 Å². The monoisotopic (exact) mass is 380 g/mol. The Bertz CT molecular complexity index is 840. The van der Waals surface area contributed by atoms with Crippen LogP contribution in [-0.4, -0.2) is 55.6 Å². The number of amides is 1. The van der Waals surface area contributed by atoms with Crippen molar-refractivity contribution < 1.29 is 9.53 Å². The molecule has 2 heterocycles. The zero-order valence-electron chi connectivity index (χ0n) is 17.2. The molecule has 0 N–H and O–H groups in total. The number of aryl methyl sites for hydroxylation is 1. The zero-order valence-corrected chi connectivity index (χ0v) is 17.2. The molecule has 2 aromatic carbocycles. The molecule has 2 aliphatic heterocycles. The molecule has 0 aliphatic carbocycles. The van der Waals surface area contributed by atoms with Gasteiger partial charge in [0.2, 0.25) is 5.91 Å². The predicted octanol–water partition coefficient (Wildman–Crippen LogP) is 4.00. The van der Waals surface area contributed by atoms with E-state index in [1.165, 1.54) is 34.7 Å². The van der Waals surface area contributed by atoms with Gasteiger partial charge in [0.25, 0.3) is 0 Å². The van der Waals surface area contributed by atoms with Crippen LogP contribution in [0.15, 0.2) is 36.4 Å². The van der Waals surface area contributed by atoms with Crippen LogP contribution >= 0.6 is 0 Å². The van der Waals surface area contributed by atoms with E-state index in [4.69, 9.17) is 4.74 Å². The minimum atomic E-state index is 0.302. The van der Waals surface area contributed by atoms with Gasteiger partial charge in [0.15, 0.2) is 0 Å². The predicted molar refractivity (Wildman–Crippen MR) is 113 cm³/mol. The summed E-state index contributed by atoms with van der Waals surface area (Å²) in [6.07, 6.45) is 4.13. The first-order valence-electron chi connectivity index (χ1n) is 10.6. The molecule has 2 saturated heterocycles. The van der Waals surface area contributed by atoms with Gasteiger partial charge >= 0.3 is 0 Å². The zero-order chi connectivity index (χ0) is 19.6. The van der Waals surface area contributed by atoms with Gasteiger partial charge in [0, 0.05) is 33.2 Å². The number of likely N-dealkylation sites (tertiary alicyclic amines) is 2. The lowest BCUT2D eigenvalue weighted by atomic mass is 9.72. The highest BCUT2D eigenvalue weighted by atomic mass is 16.5. The molecule has 0 radical (unpaired) electrons. The summed E-state index contributed by atoms with van der Waals surface area (Å²) in [6, 6.07) is 13.2. The summed E-state index contributed by atoms with van der Waals surface area (Å²) in [6.45, 7) is 7.77. The van der Waals surface area contributed by atoms with Gasteiger partial charge in [-0.1, -0.05) is 36.4 Å². The van der Waals surface area contributed by atoms with Crippen LogP contribution in [0.2, 0.25) is 0 Å². The molecule has 2 fully saturated rings. The molecule has 4 rings (SSSR count). The Morgan fingerprint density at radius 1 is 1.07 bits per heavy atom. The van der Waals surface area contributed by atoms with Gasteiger partial charge in [-0.05, 0) is 66.6 Å². The standard InChI is InChI=1S/C24H32N2O2/c1-19-7-8-20-5-3-4-6-21(20)22(19)17-25-13-11-24(12-14-25)10-9-23(27)26(18-24)15-16-28-2/h3-8H,9-18H2,1-2H3. The average Bonchev–Trinajstić information content (AvgIpc) is 2.72. The second kappa shape index (κ2) is 8.22. The number of benzene rings is 2. The van der Waals surface area contributed by atoms with E-state index in [-0.39, 0.29) is 0 Å². The second-order valence-electron chi connectivity index (χ2n) is 8.67. The summed E-state index contributed by atoms with van der Waals surface area (Å²) in [5.74, 6) is 0.302. The molecule has 1 spiro atoms. The number of piperidine rings is 2. The van der Waals surface area contributed by atoms with Crippen LogP contribution in [0.3, 0.4) is 0 Å². The van der Waals surface area contributed by atoms with E-state index < -0.39 is 0 Å². The summed E-state index contributed by atoms with van der Waals surface area (Å²) in [5.41, 5.74) is 3.16. The lowest BCUT2D eigenvalue weighted by Gasteiger charge is -2.47. The van der Waals surface area contributed by atoms with Crippen molar-refractivity contribution >= 4 is 16.7 Å². The fraction of sp³-hybridized carbons (Fsp3) is 0.542. The molecule has 4 nitrogen and oxygen atoms in total. The van der Waals surface area contributed by atoms with Gasteiger partial charge < -0.3 is 9.64 Å². The number of hydrogen-bond donors (Lipinski definition) is 0. The third-order valence-electron chi connectivity index (χ3n) is 6.89. The van der Waals surface area contributed by atoms with Crippen molar-refractivity contribution in [3.8, 4) is 0 Å². The lowest BCUT2D eigenvalue weighted by molar-refractivity contribution is -0.139. The number of hydrogen-bond acceptors (Lipinski definition) is 3. The fourth-order valence-corrected chi connectivity index (χ4v) is 4.98. The number of rotatable bonds is 5. The number of fused-ring (bicyclic) bond motifs is 1. The SMILES string of the molecule is COCCN1CC2(CCC1=O)CCN(Cc1c(C)ccc3ccccc13)CC2. The average molecular weight is 381 g/mol. The molecule has 0 unspecified atom stereocenters. The van der Waals surface area contributed by atoms with E-state index in [9.17, 15) is 4.79 Å². The highest BCUT2D eigenvalue weighted by molar-refractivity contribution is 5.86. The van der Waals surface area contributed by atoms with Crippen molar-refractivity contribution in [3.63, 3.8) is 0 Å². The van der Waals surface area contributed by atoms with Gasteiger partial charge in [0.05, 0.1) is 6.61 Å². The molecule has 0 bridgehead atoms. The molecule has 1 amide bonds. The molecule has 0 aromatic heterocycles. The number of ether oxygens (including phenoxy) is 1. The van der Waals surface area contributed by atoms with Crippen molar-refractivity contribution in [1.82, 2.24) is 9.80 Å². The molecule has 2 aromatic rings. The van der Waals surface area contributed by atoms with E-state index in [1.54, 1.807) is 7.11 Å². The van der Waals surface area contributed by atoms with Gasteiger partial charge in [-0.25, -0.2) is 0 Å². The van der Waals surface area contributed by atoms with Gasteiger partial charge in [-0.2, -0.15) is 0 Å². The third kappa shape index (κ3) is 3.94. The van der Waals surface area contributed by atoms with Gasteiger partial charge in [-0.3, -0.25) is 9.69 Å². The van der Waals surface area contributed by atoms with E-state index in [0.29, 0.717) is 24.3 Å². The molecular formula is C24H32N2O2. The number of nitrogens with zero attached hydrogens (tertiary/aromatic N) is 2. The summed E-state index contributed by atoms with van der Waals surface area (Å²) >= 11 is 0. The summed E-state index contributed by atoms with van der Waals surface area (Å²) in [7, 11) is 1.71. The first-order valence-corrected chi connectivity index (χ1v) is 10.6. The van der Waals surface area contributed by atoms with Crippen molar-refractivity contribution in [1.29, 1.82) is 0 Å². The Labute approximate surface area is 168 Å². The first-order chi connectivity index (χ1) is 13.6. The molecular weight excluding hydrogens is 348 g/mol. The maximum Gasteiger partial charge on any atom is 0.222 e. The van der Waals surface area contributed by atoms with E-state index >= 15 is 0 Å². The van der Waals surface area contributed by atoms with Gasteiger partial charge in [-0.15, -0.1) is 0 Å². The minimum absolute atomic E-state index is 0.302. The van der Waals surface area contributed by atoms with Crippen LogP contribution in [0, 0.1) is 12.3 Å². The van der Waals surface area contributed by atoms with Crippen molar-refractivity contribution in [2.24, 2.45) is 5.41 Å². The first kappa shape index (κ1) is 19.4. The lowest BCUT2D eigenvalue weighted by Crippen LogP contribution is -2.52. The maximum absolute atomic E-state index is 12.3. The van der Waals surface area contributed by atoms with Gasteiger partial charge in [0.1, 0.15) is 0 Å². The number of carbonyl (C=O) groups excluding carboxylic acids is 1. The van der Waals surface area contributed by atoms with E-state index in [1.807, 2.05) is 4.90 Å². The van der Waals surface area contributed by atoms with Crippen molar-refractivity contribution in [2.75, 3.05) is 39.9 Å². The molecule has 150 valence electrons. The Morgan fingerprint density at radius 3 is 2.64 bits per heavy atom. The second-order valence-corrected chi connectivity index (χ2v) is 8.67. The molecule has 0 saturated carbocycles. The van der Waals surface area contributed by atoms with Crippen LogP contribution in [0.1, 0.15) is 36.8 Å². The van der Waals surface area contributed by atoms with Crippen LogP contribution in [0.25, 0.3) is 10.8 Å². The largest absolute Gasteiger partial charge is 0.383 e. The highest BCUT2D eigenvalue weighted by Crippen LogP contribution is 2.40. The summed E-state index contributed by atoms with van der Waals surface area (Å²) in [5, 5.41) is 2.72. The molecule has 4 heteroatoms. The molecule has 2 aliphatic rings. The van der Waals surface area contributed by atoms with Crippen molar-refractivity contribution in [3.05, 3.63) is 47.5 Å². The van der Waals surface area contributed by atoms with E-state index in [0.717, 1.165) is 39.1 Å². The topological polar surface area (TPSA) is 32.8 Å². The molecule has 28 heavy (non-hydrogen) atoms. The molecule has 0 atom stereocenters. The Kier molecular flexibility index (Phi) is 5.70. The van der Waals surface area contributed by atoms with Crippen LogP contribution in [0.5, 0.6) is 0 Å². The quantitative estimate of drug-likeness (QED) is 0.786. The highest BCUT2D eigenvalue weighted by Gasteiger charge is 2.40. The van der Waals surface area contributed by atoms with Crippen LogP contribution < -0.4 is 0 Å². The maximum atomic E-state index is 12.3. The van der Waals surface area contributed by atoms with Crippen LogP contribution in [-0.2, 0) is 16.1 Å². The Balaban J connectivity index is 1.42. The Morgan fingerprint density at radius 2 is 1.86 bits per heavy atom. The minimum Gasteiger partial charge on any atom is -0.383 e. The fourth-order valence-electron chi connectivity index (χ4n) is 4.98. The van der Waals surface area contributed by atoms with E-state index in [2.05, 4.69) is 48.2 Å². The number of carbonyl (C=O) groups is 1. The van der Waals surface area contributed by atoms with Crippen LogP contribution in [0.4, 0.5) is 0 Å². The number of methoxy groups -OCH3 is 1. The normalized spacial score (nSPS) is 20.2. The Hall–Kier alpha value is -1.91. The third-order valence-corrected chi connectivity index (χ3v) is 6.89. The smallest absolute Gasteiger partial charge is 0.222 e. The summed E-state index contributed by atoms with van der Waals surface area (Å²) < 4.78 is 5.20.